The number of pyridine rings is 1. The van der Waals surface area contributed by atoms with Gasteiger partial charge in [0.05, 0.1) is 12.1 Å². The van der Waals surface area contributed by atoms with Crippen LogP contribution in [0.4, 0.5) is 8.78 Å². The SMILES string of the molecule is C[C@H]1CN2C(=O)c3c(O)c(=O)c(C(=O)NCc4ccc(F)c(Cl)c4F)cn3[C@@H]3CCC[C@@]32O1. The maximum atomic E-state index is 14.1. The summed E-state index contributed by atoms with van der Waals surface area (Å²) in [5, 5.41) is 12.3. The lowest BCUT2D eigenvalue weighted by Gasteiger charge is -2.44. The van der Waals surface area contributed by atoms with Crippen molar-refractivity contribution in [1.29, 1.82) is 0 Å². The quantitative estimate of drug-likeness (QED) is 0.659. The van der Waals surface area contributed by atoms with E-state index in [-0.39, 0.29) is 29.9 Å². The van der Waals surface area contributed by atoms with E-state index in [4.69, 9.17) is 16.3 Å². The first-order valence-corrected chi connectivity index (χ1v) is 10.9. The molecular formula is C22H20ClF2N3O5. The molecule has 0 radical (unpaired) electrons. The zero-order valence-electron chi connectivity index (χ0n) is 17.5. The normalized spacial score (nSPS) is 25.6. The van der Waals surface area contributed by atoms with Gasteiger partial charge in [0.2, 0.25) is 5.43 Å². The first-order chi connectivity index (χ1) is 15.7. The van der Waals surface area contributed by atoms with Gasteiger partial charge in [-0.15, -0.1) is 0 Å². The summed E-state index contributed by atoms with van der Waals surface area (Å²) >= 11 is 5.56. The number of hydrogen-bond donors (Lipinski definition) is 2. The predicted octanol–water partition coefficient (Wildman–Crippen LogP) is 2.71. The molecule has 2 N–H and O–H groups in total. The second-order valence-electron chi connectivity index (χ2n) is 8.59. The van der Waals surface area contributed by atoms with Crippen molar-refractivity contribution < 1.29 is 28.2 Å². The molecule has 1 saturated heterocycles. The first-order valence-electron chi connectivity index (χ1n) is 10.5. The molecule has 3 heterocycles. The van der Waals surface area contributed by atoms with Crippen LogP contribution in [0.2, 0.25) is 5.02 Å². The highest BCUT2D eigenvalue weighted by atomic mass is 35.5. The zero-order valence-corrected chi connectivity index (χ0v) is 18.3. The topological polar surface area (TPSA) is 101 Å². The number of hydrogen-bond acceptors (Lipinski definition) is 5. The minimum atomic E-state index is -1.02. The van der Waals surface area contributed by atoms with Gasteiger partial charge in [0.15, 0.2) is 17.2 Å². The summed E-state index contributed by atoms with van der Waals surface area (Å²) in [7, 11) is 0. The molecule has 2 aliphatic heterocycles. The van der Waals surface area contributed by atoms with E-state index >= 15 is 0 Å². The summed E-state index contributed by atoms with van der Waals surface area (Å²) in [5.41, 5.74) is -2.55. The van der Waals surface area contributed by atoms with Gasteiger partial charge in [-0.1, -0.05) is 17.7 Å². The molecule has 1 spiro atoms. The molecule has 1 aromatic carbocycles. The Labute approximate surface area is 191 Å². The van der Waals surface area contributed by atoms with Gasteiger partial charge in [0, 0.05) is 24.8 Å². The van der Waals surface area contributed by atoms with Crippen LogP contribution in [0.15, 0.2) is 23.1 Å². The van der Waals surface area contributed by atoms with E-state index in [1.165, 1.54) is 10.8 Å². The molecule has 8 nitrogen and oxygen atoms in total. The molecule has 33 heavy (non-hydrogen) atoms. The van der Waals surface area contributed by atoms with Crippen LogP contribution in [0.25, 0.3) is 0 Å². The number of aromatic hydroxyl groups is 1. The fourth-order valence-electron chi connectivity index (χ4n) is 5.21. The Morgan fingerprint density at radius 2 is 2.12 bits per heavy atom. The highest BCUT2D eigenvalue weighted by Crippen LogP contribution is 2.52. The van der Waals surface area contributed by atoms with Crippen molar-refractivity contribution in [3.05, 3.63) is 62.0 Å². The summed E-state index contributed by atoms with van der Waals surface area (Å²) in [4.78, 5) is 40.3. The Morgan fingerprint density at radius 3 is 2.88 bits per heavy atom. The number of carbonyl (C=O) groups excluding carboxylic acids is 2. The highest BCUT2D eigenvalue weighted by molar-refractivity contribution is 6.30. The Kier molecular flexibility index (Phi) is 4.98. The highest BCUT2D eigenvalue weighted by Gasteiger charge is 2.60. The third-order valence-electron chi connectivity index (χ3n) is 6.63. The van der Waals surface area contributed by atoms with Crippen molar-refractivity contribution in [1.82, 2.24) is 14.8 Å². The van der Waals surface area contributed by atoms with Crippen molar-refractivity contribution in [2.75, 3.05) is 6.54 Å². The monoisotopic (exact) mass is 479 g/mol. The molecular weight excluding hydrogens is 460 g/mol. The summed E-state index contributed by atoms with van der Waals surface area (Å²) < 4.78 is 35.1. The molecule has 174 valence electrons. The molecule has 2 aromatic rings. The van der Waals surface area contributed by atoms with Crippen LogP contribution in [0, 0.1) is 11.6 Å². The smallest absolute Gasteiger partial charge is 0.276 e. The van der Waals surface area contributed by atoms with Crippen LogP contribution in [-0.2, 0) is 11.3 Å². The average molecular weight is 480 g/mol. The summed E-state index contributed by atoms with van der Waals surface area (Å²) in [6.45, 7) is 1.83. The first kappa shape index (κ1) is 21.8. The lowest BCUT2D eigenvalue weighted by Crippen LogP contribution is -2.56. The lowest BCUT2D eigenvalue weighted by molar-refractivity contribution is -0.116. The number of halogens is 3. The van der Waals surface area contributed by atoms with E-state index < -0.39 is 50.9 Å². The molecule has 11 heteroatoms. The maximum Gasteiger partial charge on any atom is 0.276 e. The van der Waals surface area contributed by atoms with Crippen molar-refractivity contribution in [3.8, 4) is 5.75 Å². The minimum absolute atomic E-state index is 0.0778. The van der Waals surface area contributed by atoms with Gasteiger partial charge in [-0.05, 0) is 32.3 Å². The largest absolute Gasteiger partial charge is 0.503 e. The maximum absolute atomic E-state index is 14.1. The van der Waals surface area contributed by atoms with Crippen LogP contribution < -0.4 is 10.7 Å². The van der Waals surface area contributed by atoms with Crippen LogP contribution in [0.5, 0.6) is 5.75 Å². The zero-order chi connectivity index (χ0) is 23.7. The van der Waals surface area contributed by atoms with E-state index in [9.17, 15) is 28.3 Å². The predicted molar refractivity (Wildman–Crippen MR) is 112 cm³/mol. The number of benzene rings is 1. The van der Waals surface area contributed by atoms with Crippen molar-refractivity contribution >= 4 is 23.4 Å². The van der Waals surface area contributed by atoms with E-state index in [1.54, 1.807) is 4.90 Å². The third kappa shape index (κ3) is 3.07. The number of carbonyl (C=O) groups is 2. The number of rotatable bonds is 3. The van der Waals surface area contributed by atoms with Crippen LogP contribution >= 0.6 is 11.6 Å². The fraction of sp³-hybridized carbons (Fsp3) is 0.409. The van der Waals surface area contributed by atoms with Crippen LogP contribution in [-0.4, -0.2) is 44.8 Å². The minimum Gasteiger partial charge on any atom is -0.503 e. The van der Waals surface area contributed by atoms with E-state index in [0.29, 0.717) is 19.4 Å². The Morgan fingerprint density at radius 1 is 1.36 bits per heavy atom. The summed E-state index contributed by atoms with van der Waals surface area (Å²) in [5.74, 6) is -4.18. The summed E-state index contributed by atoms with van der Waals surface area (Å²) in [6, 6.07) is 1.72. The fourth-order valence-corrected chi connectivity index (χ4v) is 5.39. The van der Waals surface area contributed by atoms with Gasteiger partial charge in [0.1, 0.15) is 22.2 Å². The number of ether oxygens (including phenoxy) is 1. The molecule has 2 amide bonds. The Balaban J connectivity index is 1.51. The van der Waals surface area contributed by atoms with Gasteiger partial charge in [-0.2, -0.15) is 0 Å². The van der Waals surface area contributed by atoms with Crippen molar-refractivity contribution in [2.45, 2.75) is 50.6 Å². The molecule has 1 aliphatic carbocycles. The number of aromatic nitrogens is 1. The molecule has 1 saturated carbocycles. The standard InChI is InChI=1S/C22H20ClF2N3O5/c1-10-8-28-21(32)17-19(30)18(29)12(9-27(17)14-3-2-6-22(14,28)33-10)20(31)26-7-11-4-5-13(24)15(23)16(11)25/h4-5,9-10,14,30H,2-3,6-8H2,1H3,(H,26,31)/t10-,14+,22+/m0/s1. The summed E-state index contributed by atoms with van der Waals surface area (Å²) in [6.07, 6.45) is 3.04. The third-order valence-corrected chi connectivity index (χ3v) is 6.97. The lowest BCUT2D eigenvalue weighted by atomic mass is 9.99. The van der Waals surface area contributed by atoms with Gasteiger partial charge in [-0.25, -0.2) is 8.78 Å². The van der Waals surface area contributed by atoms with Gasteiger partial charge in [0.25, 0.3) is 11.8 Å². The van der Waals surface area contributed by atoms with Gasteiger partial charge in [-0.3, -0.25) is 14.4 Å². The second kappa shape index (κ2) is 7.53. The van der Waals surface area contributed by atoms with Crippen molar-refractivity contribution in [3.63, 3.8) is 0 Å². The number of fused-ring (bicyclic) bond motifs is 2. The van der Waals surface area contributed by atoms with Gasteiger partial charge >= 0.3 is 0 Å². The van der Waals surface area contributed by atoms with E-state index in [2.05, 4.69) is 5.32 Å². The molecule has 5 rings (SSSR count). The molecule has 3 aliphatic rings. The molecule has 0 unspecified atom stereocenters. The molecule has 3 atom stereocenters. The average Bonchev–Trinajstić information content (AvgIpc) is 3.35. The number of nitrogens with one attached hydrogen (secondary N) is 1. The van der Waals surface area contributed by atoms with Crippen molar-refractivity contribution in [2.24, 2.45) is 0 Å². The molecule has 0 bridgehead atoms. The Hall–Kier alpha value is -2.98. The second-order valence-corrected chi connectivity index (χ2v) is 8.97. The van der Waals surface area contributed by atoms with E-state index in [1.807, 2.05) is 6.92 Å². The van der Waals surface area contributed by atoms with Crippen LogP contribution in [0.1, 0.15) is 58.6 Å². The Bertz CT molecular complexity index is 1270. The van der Waals surface area contributed by atoms with E-state index in [0.717, 1.165) is 18.6 Å². The molecule has 1 aromatic heterocycles. The van der Waals surface area contributed by atoms with Crippen LogP contribution in [0.3, 0.4) is 0 Å². The molecule has 2 fully saturated rings. The van der Waals surface area contributed by atoms with Gasteiger partial charge < -0.3 is 24.6 Å². The number of nitrogens with zero attached hydrogens (tertiary/aromatic N) is 2. The number of amides is 2.